The number of ether oxygens (including phenoxy) is 3. The van der Waals surface area contributed by atoms with E-state index in [2.05, 4.69) is 26.8 Å². The third-order valence-corrected chi connectivity index (χ3v) is 4.29. The van der Waals surface area contributed by atoms with Crippen LogP contribution in [0.3, 0.4) is 0 Å². The zero-order valence-corrected chi connectivity index (χ0v) is 19.7. The molecular formula is C21H26IN5O3. The third-order valence-electron chi connectivity index (χ3n) is 4.29. The number of anilines is 1. The Morgan fingerprint density at radius 3 is 2.33 bits per heavy atom. The Bertz CT molecular complexity index is 952. The fraction of sp³-hybridized carbons (Fsp3) is 0.238. The van der Waals surface area contributed by atoms with E-state index in [9.17, 15) is 0 Å². The van der Waals surface area contributed by atoms with Crippen LogP contribution in [0, 0.1) is 0 Å². The van der Waals surface area contributed by atoms with Crippen molar-refractivity contribution < 1.29 is 14.2 Å². The fourth-order valence-corrected chi connectivity index (χ4v) is 2.89. The number of guanidine groups is 1. The van der Waals surface area contributed by atoms with Gasteiger partial charge < -0.3 is 24.8 Å². The Hall–Kier alpha value is -2.95. The minimum atomic E-state index is 0. The lowest BCUT2D eigenvalue weighted by atomic mass is 10.2. The van der Waals surface area contributed by atoms with E-state index in [-0.39, 0.29) is 24.0 Å². The number of benzene rings is 2. The highest BCUT2D eigenvalue weighted by molar-refractivity contribution is 14.0. The van der Waals surface area contributed by atoms with Gasteiger partial charge in [-0.1, -0.05) is 12.1 Å². The molecular weight excluding hydrogens is 497 g/mol. The Kier molecular flexibility index (Phi) is 8.78. The first-order chi connectivity index (χ1) is 14.2. The molecule has 0 aliphatic heterocycles. The largest absolute Gasteiger partial charge is 0.493 e. The van der Waals surface area contributed by atoms with Crippen LogP contribution < -0.4 is 24.8 Å². The molecule has 0 saturated carbocycles. The number of nitrogens with one attached hydrogen (secondary N) is 2. The molecule has 30 heavy (non-hydrogen) atoms. The van der Waals surface area contributed by atoms with Gasteiger partial charge in [-0.3, -0.25) is 4.99 Å². The van der Waals surface area contributed by atoms with Gasteiger partial charge in [0.2, 0.25) is 5.75 Å². The molecule has 8 nitrogen and oxygen atoms in total. The Morgan fingerprint density at radius 1 is 1.03 bits per heavy atom. The SMILES string of the molecule is CN=C(NCc1cccc(-n2cccn2)c1)Nc1cc(OC)c(OC)c(OC)c1.I. The van der Waals surface area contributed by atoms with Crippen LogP contribution in [0.25, 0.3) is 5.69 Å². The molecule has 3 aromatic rings. The van der Waals surface area contributed by atoms with E-state index in [0.717, 1.165) is 16.9 Å². The summed E-state index contributed by atoms with van der Waals surface area (Å²) in [6.07, 6.45) is 3.67. The van der Waals surface area contributed by atoms with Crippen molar-refractivity contribution in [3.63, 3.8) is 0 Å². The summed E-state index contributed by atoms with van der Waals surface area (Å²) >= 11 is 0. The van der Waals surface area contributed by atoms with E-state index in [1.165, 1.54) is 0 Å². The minimum Gasteiger partial charge on any atom is -0.493 e. The summed E-state index contributed by atoms with van der Waals surface area (Å²) in [6, 6.07) is 13.7. The van der Waals surface area contributed by atoms with Gasteiger partial charge in [0.15, 0.2) is 17.5 Å². The van der Waals surface area contributed by atoms with Crippen LogP contribution in [-0.2, 0) is 6.54 Å². The highest BCUT2D eigenvalue weighted by atomic mass is 127. The molecule has 0 amide bonds. The van der Waals surface area contributed by atoms with Gasteiger partial charge in [-0.2, -0.15) is 5.10 Å². The molecule has 9 heteroatoms. The molecule has 0 spiro atoms. The van der Waals surface area contributed by atoms with Crippen LogP contribution >= 0.6 is 24.0 Å². The van der Waals surface area contributed by atoms with Crippen LogP contribution in [-0.4, -0.2) is 44.1 Å². The third kappa shape index (κ3) is 5.56. The highest BCUT2D eigenvalue weighted by Crippen LogP contribution is 2.39. The van der Waals surface area contributed by atoms with Crippen molar-refractivity contribution in [1.29, 1.82) is 0 Å². The van der Waals surface area contributed by atoms with Gasteiger partial charge in [0, 0.05) is 43.8 Å². The van der Waals surface area contributed by atoms with E-state index in [0.29, 0.717) is 29.8 Å². The van der Waals surface area contributed by atoms with Gasteiger partial charge in [-0.15, -0.1) is 24.0 Å². The van der Waals surface area contributed by atoms with Gasteiger partial charge in [0.25, 0.3) is 0 Å². The summed E-state index contributed by atoms with van der Waals surface area (Å²) in [5.74, 6) is 2.29. The molecule has 0 atom stereocenters. The van der Waals surface area contributed by atoms with Crippen LogP contribution in [0.2, 0.25) is 0 Å². The quantitative estimate of drug-likeness (QED) is 0.279. The standard InChI is InChI=1S/C21H25N5O3.HI/c1-22-21(25-16-12-18(27-2)20(29-4)19(13-16)28-3)23-14-15-7-5-8-17(11-15)26-10-6-9-24-26;/h5-13H,14H2,1-4H3,(H2,22,23,25);1H. The first-order valence-corrected chi connectivity index (χ1v) is 9.05. The van der Waals surface area contributed by atoms with Crippen molar-refractivity contribution in [2.75, 3.05) is 33.7 Å². The summed E-state index contributed by atoms with van der Waals surface area (Å²) in [6.45, 7) is 0.596. The summed E-state index contributed by atoms with van der Waals surface area (Å²) in [7, 11) is 6.46. The van der Waals surface area contributed by atoms with Crippen LogP contribution in [0.1, 0.15) is 5.56 Å². The van der Waals surface area contributed by atoms with Gasteiger partial charge >= 0.3 is 0 Å². The molecule has 2 aromatic carbocycles. The molecule has 0 saturated heterocycles. The normalized spacial score (nSPS) is 10.7. The lowest BCUT2D eigenvalue weighted by molar-refractivity contribution is 0.324. The molecule has 0 radical (unpaired) electrons. The highest BCUT2D eigenvalue weighted by Gasteiger charge is 2.14. The molecule has 0 aliphatic carbocycles. The van der Waals surface area contributed by atoms with E-state index >= 15 is 0 Å². The van der Waals surface area contributed by atoms with Crippen molar-refractivity contribution in [1.82, 2.24) is 15.1 Å². The molecule has 160 valence electrons. The van der Waals surface area contributed by atoms with Crippen molar-refractivity contribution >= 4 is 35.6 Å². The maximum atomic E-state index is 5.40. The maximum absolute atomic E-state index is 5.40. The average Bonchev–Trinajstić information content (AvgIpc) is 3.31. The predicted molar refractivity (Wildman–Crippen MR) is 129 cm³/mol. The number of hydrogen-bond donors (Lipinski definition) is 2. The number of aromatic nitrogens is 2. The average molecular weight is 523 g/mol. The Balaban J connectivity index is 0.00000320. The van der Waals surface area contributed by atoms with E-state index in [1.807, 2.05) is 47.3 Å². The maximum Gasteiger partial charge on any atom is 0.203 e. The number of aliphatic imine (C=N–C) groups is 1. The zero-order chi connectivity index (χ0) is 20.6. The summed E-state index contributed by atoms with van der Waals surface area (Å²) in [5.41, 5.74) is 2.87. The molecule has 2 N–H and O–H groups in total. The second-order valence-corrected chi connectivity index (χ2v) is 6.09. The van der Waals surface area contributed by atoms with Crippen molar-refractivity contribution in [2.45, 2.75) is 6.54 Å². The summed E-state index contributed by atoms with van der Waals surface area (Å²) in [4.78, 5) is 4.29. The van der Waals surface area contributed by atoms with E-state index in [4.69, 9.17) is 14.2 Å². The molecule has 0 aliphatic rings. The summed E-state index contributed by atoms with van der Waals surface area (Å²) in [5, 5.41) is 10.8. The predicted octanol–water partition coefficient (Wildman–Crippen LogP) is 3.70. The second-order valence-electron chi connectivity index (χ2n) is 6.09. The lowest BCUT2D eigenvalue weighted by Crippen LogP contribution is -2.30. The van der Waals surface area contributed by atoms with E-state index < -0.39 is 0 Å². The van der Waals surface area contributed by atoms with Gasteiger partial charge in [-0.05, 0) is 23.8 Å². The monoisotopic (exact) mass is 523 g/mol. The van der Waals surface area contributed by atoms with Crippen molar-refractivity contribution in [3.8, 4) is 22.9 Å². The molecule has 1 heterocycles. The molecule has 3 rings (SSSR count). The van der Waals surface area contributed by atoms with Gasteiger partial charge in [0.1, 0.15) is 0 Å². The van der Waals surface area contributed by atoms with Crippen LogP contribution in [0.4, 0.5) is 5.69 Å². The van der Waals surface area contributed by atoms with Crippen LogP contribution in [0.15, 0.2) is 59.9 Å². The van der Waals surface area contributed by atoms with Crippen molar-refractivity contribution in [2.24, 2.45) is 4.99 Å². The number of nitrogens with zero attached hydrogens (tertiary/aromatic N) is 3. The van der Waals surface area contributed by atoms with E-state index in [1.54, 1.807) is 34.6 Å². The molecule has 0 unspecified atom stereocenters. The Morgan fingerprint density at radius 2 is 1.77 bits per heavy atom. The number of hydrogen-bond acceptors (Lipinski definition) is 5. The number of halogens is 1. The second kappa shape index (κ2) is 11.3. The molecule has 0 fully saturated rings. The fourth-order valence-electron chi connectivity index (χ4n) is 2.89. The first kappa shape index (κ1) is 23.3. The number of rotatable bonds is 7. The molecule has 1 aromatic heterocycles. The van der Waals surface area contributed by atoms with Crippen molar-refractivity contribution in [3.05, 3.63) is 60.4 Å². The lowest BCUT2D eigenvalue weighted by Gasteiger charge is -2.16. The smallest absolute Gasteiger partial charge is 0.203 e. The van der Waals surface area contributed by atoms with Gasteiger partial charge in [0.05, 0.1) is 27.0 Å². The minimum absolute atomic E-state index is 0. The molecule has 0 bridgehead atoms. The zero-order valence-electron chi connectivity index (χ0n) is 17.4. The Labute approximate surface area is 193 Å². The topological polar surface area (TPSA) is 81.9 Å². The number of methoxy groups -OCH3 is 3. The van der Waals surface area contributed by atoms with Gasteiger partial charge in [-0.25, -0.2) is 4.68 Å². The summed E-state index contributed by atoms with van der Waals surface area (Å²) < 4.78 is 18.0. The first-order valence-electron chi connectivity index (χ1n) is 9.05. The van der Waals surface area contributed by atoms with Crippen LogP contribution in [0.5, 0.6) is 17.2 Å².